The van der Waals surface area contributed by atoms with Crippen molar-refractivity contribution in [3.8, 4) is 11.3 Å². The highest BCUT2D eigenvalue weighted by Crippen LogP contribution is 2.31. The minimum atomic E-state index is -0.923. The number of likely N-dealkylation sites (N-methyl/N-ethyl adjacent to an activating group) is 1. The molecule has 0 radical (unpaired) electrons. The second kappa shape index (κ2) is 10.5. The van der Waals surface area contributed by atoms with E-state index >= 15 is 0 Å². The van der Waals surface area contributed by atoms with Gasteiger partial charge in [-0.1, -0.05) is 17.3 Å². The highest BCUT2D eigenvalue weighted by molar-refractivity contribution is 5.91. The van der Waals surface area contributed by atoms with Gasteiger partial charge in [0.05, 0.1) is 35.4 Å². The standard InChI is InChI=1S/C26H34N8O3/c1-17-11-18(8-9-19(17)12-28-24(35)21-15-34(31-30-21)26(2,3)4)23-22(13-27-16-29-23)33-10-6-7-20(14-33)32(5)25(36)37/h8-9,11,13,15-16,20H,6-7,10,12,14H2,1-5H3,(H,28,35)(H,36,37). The molecule has 1 atom stereocenters. The Morgan fingerprint density at radius 1 is 1.27 bits per heavy atom. The van der Waals surface area contributed by atoms with Gasteiger partial charge in [-0.15, -0.1) is 5.10 Å². The number of carbonyl (C=O) groups excluding carboxylic acids is 1. The summed E-state index contributed by atoms with van der Waals surface area (Å²) in [5, 5.41) is 20.4. The summed E-state index contributed by atoms with van der Waals surface area (Å²) >= 11 is 0. The summed E-state index contributed by atoms with van der Waals surface area (Å²) < 4.78 is 1.67. The predicted octanol–water partition coefficient (Wildman–Crippen LogP) is 3.31. The second-order valence-electron chi connectivity index (χ2n) is 10.4. The van der Waals surface area contributed by atoms with Gasteiger partial charge in [-0.05, 0) is 57.7 Å². The first-order valence-electron chi connectivity index (χ1n) is 12.4. The SMILES string of the molecule is Cc1cc(-c2ncncc2N2CCCC(N(C)C(=O)O)C2)ccc1CNC(=O)c1cn(C(C)(C)C)nn1. The Hall–Kier alpha value is -4.02. The zero-order valence-electron chi connectivity index (χ0n) is 22.0. The molecule has 2 amide bonds. The number of hydrogen-bond donors (Lipinski definition) is 2. The van der Waals surface area contributed by atoms with Crippen LogP contribution >= 0.6 is 0 Å². The molecule has 1 aliphatic rings. The fourth-order valence-corrected chi connectivity index (χ4v) is 4.43. The maximum absolute atomic E-state index is 12.6. The smallest absolute Gasteiger partial charge is 0.407 e. The second-order valence-corrected chi connectivity index (χ2v) is 10.4. The number of benzene rings is 1. The van der Waals surface area contributed by atoms with E-state index in [1.54, 1.807) is 24.1 Å². The molecule has 3 heterocycles. The van der Waals surface area contributed by atoms with Crippen LogP contribution in [0.25, 0.3) is 11.3 Å². The lowest BCUT2D eigenvalue weighted by Crippen LogP contribution is -2.48. The zero-order chi connectivity index (χ0) is 26.7. The predicted molar refractivity (Wildman–Crippen MR) is 139 cm³/mol. The molecular formula is C26H34N8O3. The Bertz CT molecular complexity index is 1280. The van der Waals surface area contributed by atoms with Crippen molar-refractivity contribution in [2.75, 3.05) is 25.0 Å². The highest BCUT2D eigenvalue weighted by atomic mass is 16.4. The topological polar surface area (TPSA) is 129 Å². The van der Waals surface area contributed by atoms with Gasteiger partial charge < -0.3 is 20.2 Å². The fourth-order valence-electron chi connectivity index (χ4n) is 4.43. The van der Waals surface area contributed by atoms with E-state index in [-0.39, 0.29) is 23.2 Å². The lowest BCUT2D eigenvalue weighted by Gasteiger charge is -2.38. The molecule has 0 bridgehead atoms. The molecule has 2 aromatic heterocycles. The van der Waals surface area contributed by atoms with Crippen LogP contribution in [0.1, 0.15) is 55.2 Å². The maximum atomic E-state index is 12.6. The minimum absolute atomic E-state index is 0.0861. The number of rotatable bonds is 6. The minimum Gasteiger partial charge on any atom is -0.465 e. The van der Waals surface area contributed by atoms with Crippen LogP contribution in [0.2, 0.25) is 0 Å². The summed E-state index contributed by atoms with van der Waals surface area (Å²) in [6.45, 7) is 9.75. The number of carbonyl (C=O) groups is 2. The Labute approximate surface area is 216 Å². The molecule has 4 rings (SSSR count). The fraction of sp³-hybridized carbons (Fsp3) is 0.462. The van der Waals surface area contributed by atoms with E-state index in [0.717, 1.165) is 47.5 Å². The van der Waals surface area contributed by atoms with Crippen LogP contribution in [0.5, 0.6) is 0 Å². The Morgan fingerprint density at radius 2 is 2.05 bits per heavy atom. The van der Waals surface area contributed by atoms with E-state index in [2.05, 4.69) is 30.5 Å². The first-order chi connectivity index (χ1) is 17.5. The van der Waals surface area contributed by atoms with E-state index in [1.165, 1.54) is 11.2 Å². The van der Waals surface area contributed by atoms with Gasteiger partial charge >= 0.3 is 6.09 Å². The molecule has 1 fully saturated rings. The molecule has 2 N–H and O–H groups in total. The van der Waals surface area contributed by atoms with E-state index in [9.17, 15) is 14.7 Å². The zero-order valence-corrected chi connectivity index (χ0v) is 22.0. The molecule has 0 saturated carbocycles. The number of nitrogens with zero attached hydrogens (tertiary/aromatic N) is 7. The van der Waals surface area contributed by atoms with Crippen molar-refractivity contribution in [3.05, 3.63) is 53.7 Å². The van der Waals surface area contributed by atoms with Gasteiger partial charge in [0, 0.05) is 32.2 Å². The number of aryl methyl sites for hydroxylation is 1. The van der Waals surface area contributed by atoms with E-state index in [4.69, 9.17) is 0 Å². The van der Waals surface area contributed by atoms with Gasteiger partial charge in [0.2, 0.25) is 0 Å². The Morgan fingerprint density at radius 3 is 2.73 bits per heavy atom. The molecule has 196 valence electrons. The van der Waals surface area contributed by atoms with E-state index < -0.39 is 6.09 Å². The monoisotopic (exact) mass is 506 g/mol. The van der Waals surface area contributed by atoms with Crippen molar-refractivity contribution in [2.45, 2.75) is 58.7 Å². The third kappa shape index (κ3) is 5.87. The molecule has 11 heteroatoms. The first kappa shape index (κ1) is 26.1. The number of nitrogens with one attached hydrogen (secondary N) is 1. The quantitative estimate of drug-likeness (QED) is 0.521. The molecule has 1 unspecified atom stereocenters. The number of anilines is 1. The normalized spacial score (nSPS) is 15.9. The van der Waals surface area contributed by atoms with Crippen LogP contribution < -0.4 is 10.2 Å². The lowest BCUT2D eigenvalue weighted by molar-refractivity contribution is 0.0945. The van der Waals surface area contributed by atoms with Gasteiger partial charge in [0.1, 0.15) is 6.33 Å². The third-order valence-electron chi connectivity index (χ3n) is 6.75. The van der Waals surface area contributed by atoms with E-state index in [1.807, 2.05) is 45.9 Å². The number of piperidine rings is 1. The van der Waals surface area contributed by atoms with Crippen LogP contribution in [-0.4, -0.2) is 73.1 Å². The Balaban J connectivity index is 1.48. The number of hydrogen-bond acceptors (Lipinski definition) is 7. The highest BCUT2D eigenvalue weighted by Gasteiger charge is 2.28. The van der Waals surface area contributed by atoms with Crippen LogP contribution in [-0.2, 0) is 12.1 Å². The van der Waals surface area contributed by atoms with Crippen molar-refractivity contribution < 1.29 is 14.7 Å². The van der Waals surface area contributed by atoms with Crippen LogP contribution in [0, 0.1) is 6.92 Å². The first-order valence-corrected chi connectivity index (χ1v) is 12.4. The number of carboxylic acid groups (broad SMARTS) is 1. The Kier molecular flexibility index (Phi) is 7.42. The molecule has 1 aromatic carbocycles. The van der Waals surface area contributed by atoms with Gasteiger partial charge in [-0.2, -0.15) is 0 Å². The van der Waals surface area contributed by atoms with Gasteiger partial charge in [-0.25, -0.2) is 19.4 Å². The third-order valence-corrected chi connectivity index (χ3v) is 6.75. The molecule has 37 heavy (non-hydrogen) atoms. The average molecular weight is 507 g/mol. The van der Waals surface area contributed by atoms with Crippen LogP contribution in [0.3, 0.4) is 0 Å². The molecule has 3 aromatic rings. The summed E-state index contributed by atoms with van der Waals surface area (Å²) in [5.41, 5.74) is 4.65. The molecule has 0 aliphatic carbocycles. The van der Waals surface area contributed by atoms with Crippen LogP contribution in [0.15, 0.2) is 36.9 Å². The van der Waals surface area contributed by atoms with Crippen molar-refractivity contribution in [2.24, 2.45) is 0 Å². The van der Waals surface area contributed by atoms with Gasteiger partial charge in [-0.3, -0.25) is 4.79 Å². The van der Waals surface area contributed by atoms with E-state index in [0.29, 0.717) is 13.1 Å². The largest absolute Gasteiger partial charge is 0.465 e. The lowest BCUT2D eigenvalue weighted by atomic mass is 10.00. The summed E-state index contributed by atoms with van der Waals surface area (Å²) in [4.78, 5) is 36.4. The number of amides is 2. The molecule has 11 nitrogen and oxygen atoms in total. The average Bonchev–Trinajstić information content (AvgIpc) is 3.39. The molecule has 1 saturated heterocycles. The molecular weight excluding hydrogens is 472 g/mol. The molecule has 1 aliphatic heterocycles. The van der Waals surface area contributed by atoms with Crippen LogP contribution in [0.4, 0.5) is 10.5 Å². The van der Waals surface area contributed by atoms with Gasteiger partial charge in [0.25, 0.3) is 5.91 Å². The van der Waals surface area contributed by atoms with Crippen molar-refractivity contribution >= 4 is 17.7 Å². The summed E-state index contributed by atoms with van der Waals surface area (Å²) in [6, 6.07) is 5.94. The summed E-state index contributed by atoms with van der Waals surface area (Å²) in [5.74, 6) is -0.275. The number of aromatic nitrogens is 5. The van der Waals surface area contributed by atoms with Crippen molar-refractivity contribution in [3.63, 3.8) is 0 Å². The van der Waals surface area contributed by atoms with Gasteiger partial charge in [0.15, 0.2) is 5.69 Å². The summed E-state index contributed by atoms with van der Waals surface area (Å²) in [7, 11) is 1.62. The maximum Gasteiger partial charge on any atom is 0.407 e. The molecule has 0 spiro atoms. The summed E-state index contributed by atoms with van der Waals surface area (Å²) in [6.07, 6.45) is 5.76. The van der Waals surface area contributed by atoms with Crippen molar-refractivity contribution in [1.29, 1.82) is 0 Å². The van der Waals surface area contributed by atoms with Crippen molar-refractivity contribution in [1.82, 2.24) is 35.2 Å².